The second-order valence-electron chi connectivity index (χ2n) is 5.51. The fourth-order valence-electron chi connectivity index (χ4n) is 2.87. The number of para-hydroxylation sites is 1. The summed E-state index contributed by atoms with van der Waals surface area (Å²) in [6, 6.07) is 8.18. The lowest BCUT2D eigenvalue weighted by Crippen LogP contribution is -2.38. The van der Waals surface area contributed by atoms with Gasteiger partial charge in [0.05, 0.1) is 0 Å². The summed E-state index contributed by atoms with van der Waals surface area (Å²) in [6.45, 7) is 5.45. The minimum atomic E-state index is 0.400. The average molecular weight is 233 g/mol. The molecule has 2 heteroatoms. The van der Waals surface area contributed by atoms with Crippen LogP contribution in [0.4, 0.5) is 0 Å². The summed E-state index contributed by atoms with van der Waals surface area (Å²) in [5.41, 5.74) is 0.998. The summed E-state index contributed by atoms with van der Waals surface area (Å²) in [6.07, 6.45) is 3.90. The summed E-state index contributed by atoms with van der Waals surface area (Å²) in [4.78, 5) is 0. The Bertz CT molecular complexity index is 364. The average Bonchev–Trinajstić information content (AvgIpc) is 2.30. The molecule has 0 amide bonds. The molecule has 0 radical (unpaired) electrons. The molecule has 1 aromatic rings. The molecule has 0 aromatic heterocycles. The van der Waals surface area contributed by atoms with Crippen molar-refractivity contribution >= 4 is 0 Å². The molecule has 17 heavy (non-hydrogen) atoms. The van der Waals surface area contributed by atoms with Gasteiger partial charge >= 0.3 is 0 Å². The van der Waals surface area contributed by atoms with Gasteiger partial charge < -0.3 is 10.4 Å². The topological polar surface area (TPSA) is 32.3 Å². The third-order valence-electron chi connectivity index (χ3n) is 3.98. The van der Waals surface area contributed by atoms with Crippen LogP contribution in [0.25, 0.3) is 0 Å². The summed E-state index contributed by atoms with van der Waals surface area (Å²) in [7, 11) is 0. The van der Waals surface area contributed by atoms with Gasteiger partial charge in [0.15, 0.2) is 0 Å². The molecule has 0 heterocycles. The standard InChI is InChI=1S/C15H23NO/c1-11-7-8-14(12(2)9-11)16-10-13-5-3-4-6-15(13)17/h3-6,11-12,14,16-17H,7-10H2,1-2H3. The maximum atomic E-state index is 9.71. The Balaban J connectivity index is 1.88. The van der Waals surface area contributed by atoms with Crippen LogP contribution in [-0.4, -0.2) is 11.1 Å². The Morgan fingerprint density at radius 3 is 2.71 bits per heavy atom. The van der Waals surface area contributed by atoms with Crippen LogP contribution in [0.5, 0.6) is 5.75 Å². The van der Waals surface area contributed by atoms with E-state index in [4.69, 9.17) is 0 Å². The fraction of sp³-hybridized carbons (Fsp3) is 0.600. The van der Waals surface area contributed by atoms with Crippen molar-refractivity contribution in [3.8, 4) is 5.75 Å². The molecule has 1 aromatic carbocycles. The van der Waals surface area contributed by atoms with E-state index in [0.29, 0.717) is 11.8 Å². The Labute approximate surface area is 104 Å². The fourth-order valence-corrected chi connectivity index (χ4v) is 2.87. The van der Waals surface area contributed by atoms with E-state index in [1.165, 1.54) is 19.3 Å². The molecule has 0 aliphatic heterocycles. The maximum absolute atomic E-state index is 9.71. The lowest BCUT2D eigenvalue weighted by Gasteiger charge is -2.33. The van der Waals surface area contributed by atoms with Crippen LogP contribution < -0.4 is 5.32 Å². The molecule has 3 atom stereocenters. The molecular weight excluding hydrogens is 210 g/mol. The second-order valence-corrected chi connectivity index (χ2v) is 5.51. The van der Waals surface area contributed by atoms with E-state index in [1.807, 2.05) is 18.2 Å². The largest absolute Gasteiger partial charge is 0.508 e. The van der Waals surface area contributed by atoms with Crippen molar-refractivity contribution in [2.75, 3.05) is 0 Å². The quantitative estimate of drug-likeness (QED) is 0.839. The first kappa shape index (κ1) is 12.4. The number of aromatic hydroxyl groups is 1. The molecule has 2 N–H and O–H groups in total. The zero-order valence-electron chi connectivity index (χ0n) is 10.8. The van der Waals surface area contributed by atoms with E-state index >= 15 is 0 Å². The summed E-state index contributed by atoms with van der Waals surface area (Å²) in [5, 5.41) is 13.3. The number of phenols is 1. The van der Waals surface area contributed by atoms with Crippen LogP contribution in [0.1, 0.15) is 38.7 Å². The minimum absolute atomic E-state index is 0.400. The van der Waals surface area contributed by atoms with Crippen molar-refractivity contribution in [1.82, 2.24) is 5.32 Å². The second kappa shape index (κ2) is 5.54. The van der Waals surface area contributed by atoms with Gasteiger partial charge in [0.2, 0.25) is 0 Å². The highest BCUT2D eigenvalue weighted by atomic mass is 16.3. The van der Waals surface area contributed by atoms with E-state index < -0.39 is 0 Å². The Morgan fingerprint density at radius 2 is 2.00 bits per heavy atom. The Kier molecular flexibility index (Phi) is 4.06. The molecule has 1 aliphatic rings. The molecule has 0 bridgehead atoms. The zero-order valence-corrected chi connectivity index (χ0v) is 10.8. The van der Waals surface area contributed by atoms with E-state index in [0.717, 1.165) is 23.9 Å². The molecule has 0 spiro atoms. The van der Waals surface area contributed by atoms with Gasteiger partial charge in [-0.1, -0.05) is 32.0 Å². The monoisotopic (exact) mass is 233 g/mol. The van der Waals surface area contributed by atoms with Gasteiger partial charge in [-0.2, -0.15) is 0 Å². The molecule has 2 nitrogen and oxygen atoms in total. The number of hydrogen-bond donors (Lipinski definition) is 2. The predicted octanol–water partition coefficient (Wildman–Crippen LogP) is 3.31. The van der Waals surface area contributed by atoms with E-state index in [9.17, 15) is 5.11 Å². The van der Waals surface area contributed by atoms with Crippen LogP contribution in [0.15, 0.2) is 24.3 Å². The van der Waals surface area contributed by atoms with Crippen LogP contribution in [0.3, 0.4) is 0 Å². The van der Waals surface area contributed by atoms with Gasteiger partial charge in [0, 0.05) is 18.2 Å². The number of nitrogens with one attached hydrogen (secondary N) is 1. The first-order chi connectivity index (χ1) is 8.16. The summed E-state index contributed by atoms with van der Waals surface area (Å²) < 4.78 is 0. The predicted molar refractivity (Wildman–Crippen MR) is 70.9 cm³/mol. The van der Waals surface area contributed by atoms with E-state index in [-0.39, 0.29) is 0 Å². The third-order valence-corrected chi connectivity index (χ3v) is 3.98. The molecule has 1 fully saturated rings. The molecule has 2 rings (SSSR count). The Morgan fingerprint density at radius 1 is 1.24 bits per heavy atom. The minimum Gasteiger partial charge on any atom is -0.508 e. The number of benzene rings is 1. The highest BCUT2D eigenvalue weighted by Crippen LogP contribution is 2.29. The van der Waals surface area contributed by atoms with Gasteiger partial charge in [-0.25, -0.2) is 0 Å². The van der Waals surface area contributed by atoms with Gasteiger partial charge in [0.25, 0.3) is 0 Å². The normalized spacial score (nSPS) is 29.2. The van der Waals surface area contributed by atoms with Crippen LogP contribution >= 0.6 is 0 Å². The third kappa shape index (κ3) is 3.22. The molecule has 1 aliphatic carbocycles. The molecular formula is C15H23NO. The van der Waals surface area contributed by atoms with Crippen molar-refractivity contribution in [1.29, 1.82) is 0 Å². The highest BCUT2D eigenvalue weighted by Gasteiger charge is 2.24. The van der Waals surface area contributed by atoms with Crippen molar-refractivity contribution in [2.24, 2.45) is 11.8 Å². The summed E-state index contributed by atoms with van der Waals surface area (Å²) >= 11 is 0. The van der Waals surface area contributed by atoms with Gasteiger partial charge in [-0.05, 0) is 37.2 Å². The van der Waals surface area contributed by atoms with E-state index in [2.05, 4.69) is 19.2 Å². The Hall–Kier alpha value is -1.02. The van der Waals surface area contributed by atoms with Crippen molar-refractivity contribution < 1.29 is 5.11 Å². The number of hydrogen-bond acceptors (Lipinski definition) is 2. The van der Waals surface area contributed by atoms with E-state index in [1.54, 1.807) is 6.07 Å². The lowest BCUT2D eigenvalue weighted by atomic mass is 9.80. The van der Waals surface area contributed by atoms with Crippen LogP contribution in [0, 0.1) is 11.8 Å². The number of rotatable bonds is 3. The van der Waals surface area contributed by atoms with Gasteiger partial charge in [-0.15, -0.1) is 0 Å². The molecule has 3 unspecified atom stereocenters. The maximum Gasteiger partial charge on any atom is 0.120 e. The van der Waals surface area contributed by atoms with Crippen molar-refractivity contribution in [3.05, 3.63) is 29.8 Å². The van der Waals surface area contributed by atoms with Gasteiger partial charge in [-0.3, -0.25) is 0 Å². The molecule has 1 saturated carbocycles. The zero-order chi connectivity index (χ0) is 12.3. The van der Waals surface area contributed by atoms with Crippen molar-refractivity contribution in [2.45, 2.75) is 45.7 Å². The summed E-state index contributed by atoms with van der Waals surface area (Å²) in [5.74, 6) is 2.01. The van der Waals surface area contributed by atoms with Crippen molar-refractivity contribution in [3.63, 3.8) is 0 Å². The lowest BCUT2D eigenvalue weighted by molar-refractivity contribution is 0.226. The smallest absolute Gasteiger partial charge is 0.120 e. The van der Waals surface area contributed by atoms with Crippen LogP contribution in [0.2, 0.25) is 0 Å². The van der Waals surface area contributed by atoms with Gasteiger partial charge in [0.1, 0.15) is 5.75 Å². The first-order valence-electron chi connectivity index (χ1n) is 6.67. The molecule has 94 valence electrons. The SMILES string of the molecule is CC1CCC(NCc2ccccc2O)C(C)C1. The molecule has 0 saturated heterocycles. The number of phenolic OH excluding ortho intramolecular Hbond substituents is 1. The highest BCUT2D eigenvalue weighted by molar-refractivity contribution is 5.31. The first-order valence-corrected chi connectivity index (χ1v) is 6.67. The van der Waals surface area contributed by atoms with Crippen LogP contribution in [-0.2, 0) is 6.54 Å².